The maximum absolute atomic E-state index is 8.90. The van der Waals surface area contributed by atoms with E-state index in [1.165, 1.54) is 0 Å². The maximum Gasteiger partial charge on any atom is 0.0474 e. The second kappa shape index (κ2) is 5.51. The van der Waals surface area contributed by atoms with Crippen molar-refractivity contribution >= 4 is 0 Å². The van der Waals surface area contributed by atoms with Gasteiger partial charge in [0.25, 0.3) is 0 Å². The van der Waals surface area contributed by atoms with Crippen molar-refractivity contribution in [2.75, 3.05) is 40.0 Å². The molecule has 0 aromatic heterocycles. The van der Waals surface area contributed by atoms with Crippen LogP contribution in [-0.4, -0.2) is 50.0 Å². The first kappa shape index (κ1) is 9.96. The van der Waals surface area contributed by atoms with Crippen LogP contribution in [0.5, 0.6) is 0 Å². The molecule has 3 heteroatoms. The molecule has 0 aromatic rings. The van der Waals surface area contributed by atoms with Crippen LogP contribution >= 0.6 is 0 Å². The fourth-order valence-corrected chi connectivity index (χ4v) is 1.70. The zero-order valence-corrected chi connectivity index (χ0v) is 7.83. The van der Waals surface area contributed by atoms with Gasteiger partial charge < -0.3 is 14.7 Å². The van der Waals surface area contributed by atoms with Crippen LogP contribution in [0.2, 0.25) is 0 Å². The van der Waals surface area contributed by atoms with Gasteiger partial charge >= 0.3 is 0 Å². The molecule has 1 N–H and O–H groups in total. The minimum atomic E-state index is 0.348. The Morgan fingerprint density at radius 2 is 2.42 bits per heavy atom. The lowest BCUT2D eigenvalue weighted by molar-refractivity contribution is 0.174. The molecule has 72 valence electrons. The molecule has 0 spiro atoms. The van der Waals surface area contributed by atoms with E-state index in [0.717, 1.165) is 39.1 Å². The van der Waals surface area contributed by atoms with Gasteiger partial charge in [-0.2, -0.15) is 0 Å². The summed E-state index contributed by atoms with van der Waals surface area (Å²) in [6.45, 7) is 4.53. The molecule has 1 heterocycles. The predicted octanol–water partition coefficient (Wildman–Crippen LogP) is 0.337. The van der Waals surface area contributed by atoms with Crippen molar-refractivity contribution < 1.29 is 9.84 Å². The van der Waals surface area contributed by atoms with Gasteiger partial charge in [-0.25, -0.2) is 0 Å². The molecule has 0 amide bonds. The average Bonchev–Trinajstić information content (AvgIpc) is 2.53. The highest BCUT2D eigenvalue weighted by Crippen LogP contribution is 2.14. The predicted molar refractivity (Wildman–Crippen MR) is 48.1 cm³/mol. The van der Waals surface area contributed by atoms with Gasteiger partial charge in [0.2, 0.25) is 0 Å². The Morgan fingerprint density at radius 3 is 3.00 bits per heavy atom. The summed E-state index contributed by atoms with van der Waals surface area (Å²) in [5.74, 6) is 0.521. The number of hydrogen-bond donors (Lipinski definition) is 1. The molecule has 1 saturated heterocycles. The van der Waals surface area contributed by atoms with E-state index < -0.39 is 0 Å². The molecule has 1 atom stereocenters. The molecule has 1 aliphatic heterocycles. The van der Waals surface area contributed by atoms with Gasteiger partial charge in [-0.1, -0.05) is 0 Å². The maximum atomic E-state index is 8.90. The van der Waals surface area contributed by atoms with Gasteiger partial charge in [0.1, 0.15) is 0 Å². The number of methoxy groups -OCH3 is 1. The Hall–Kier alpha value is -0.120. The minimum Gasteiger partial charge on any atom is -0.396 e. The zero-order valence-electron chi connectivity index (χ0n) is 7.83. The van der Waals surface area contributed by atoms with Crippen LogP contribution in [0.4, 0.5) is 0 Å². The summed E-state index contributed by atoms with van der Waals surface area (Å²) < 4.78 is 4.98. The molecule has 0 bridgehead atoms. The average molecular weight is 173 g/mol. The van der Waals surface area contributed by atoms with Crippen molar-refractivity contribution in [1.29, 1.82) is 0 Å². The summed E-state index contributed by atoms with van der Waals surface area (Å²) in [4.78, 5) is 2.40. The summed E-state index contributed by atoms with van der Waals surface area (Å²) >= 11 is 0. The number of aliphatic hydroxyl groups excluding tert-OH is 1. The third kappa shape index (κ3) is 3.09. The van der Waals surface area contributed by atoms with Crippen molar-refractivity contribution in [3.63, 3.8) is 0 Å². The van der Waals surface area contributed by atoms with Gasteiger partial charge in [-0.05, 0) is 25.3 Å². The first-order valence-electron chi connectivity index (χ1n) is 4.69. The highest BCUT2D eigenvalue weighted by Gasteiger charge is 2.20. The van der Waals surface area contributed by atoms with Crippen LogP contribution in [0.25, 0.3) is 0 Å². The van der Waals surface area contributed by atoms with E-state index in [1.54, 1.807) is 7.11 Å². The summed E-state index contributed by atoms with van der Waals surface area (Å²) in [6.07, 6.45) is 2.26. The topological polar surface area (TPSA) is 32.7 Å². The van der Waals surface area contributed by atoms with E-state index in [-0.39, 0.29) is 0 Å². The minimum absolute atomic E-state index is 0.348. The van der Waals surface area contributed by atoms with Gasteiger partial charge in [0.05, 0.1) is 0 Å². The Kier molecular flexibility index (Phi) is 4.58. The normalized spacial score (nSPS) is 25.0. The molecule has 0 aliphatic carbocycles. The summed E-state index contributed by atoms with van der Waals surface area (Å²) in [6, 6.07) is 0. The van der Waals surface area contributed by atoms with Crippen LogP contribution < -0.4 is 0 Å². The third-order valence-electron chi connectivity index (χ3n) is 2.45. The first-order valence-corrected chi connectivity index (χ1v) is 4.69. The number of ether oxygens (including phenoxy) is 1. The molecular weight excluding hydrogens is 154 g/mol. The SMILES string of the molecule is COCCCN1CCC(CO)C1. The second-order valence-electron chi connectivity index (χ2n) is 3.48. The second-order valence-corrected chi connectivity index (χ2v) is 3.48. The first-order chi connectivity index (χ1) is 5.86. The van der Waals surface area contributed by atoms with Gasteiger partial charge in [0, 0.05) is 33.4 Å². The molecular formula is C9H19NO2. The molecule has 3 nitrogen and oxygen atoms in total. The Morgan fingerprint density at radius 1 is 1.58 bits per heavy atom. The summed E-state index contributed by atoms with van der Waals surface area (Å²) in [5.41, 5.74) is 0. The number of likely N-dealkylation sites (tertiary alicyclic amines) is 1. The molecule has 0 saturated carbocycles. The summed E-state index contributed by atoms with van der Waals surface area (Å²) in [5, 5.41) is 8.90. The highest BCUT2D eigenvalue weighted by molar-refractivity contribution is 4.74. The van der Waals surface area contributed by atoms with Gasteiger partial charge in [0.15, 0.2) is 0 Å². The number of rotatable bonds is 5. The van der Waals surface area contributed by atoms with Gasteiger partial charge in [-0.15, -0.1) is 0 Å². The lowest BCUT2D eigenvalue weighted by Crippen LogP contribution is -2.23. The van der Waals surface area contributed by atoms with E-state index in [2.05, 4.69) is 4.90 Å². The quantitative estimate of drug-likeness (QED) is 0.608. The Bertz CT molecular complexity index is 119. The number of aliphatic hydroxyl groups is 1. The zero-order chi connectivity index (χ0) is 8.81. The van der Waals surface area contributed by atoms with Crippen molar-refractivity contribution in [3.8, 4) is 0 Å². The van der Waals surface area contributed by atoms with E-state index in [4.69, 9.17) is 9.84 Å². The van der Waals surface area contributed by atoms with Crippen LogP contribution in [-0.2, 0) is 4.74 Å². The van der Waals surface area contributed by atoms with E-state index in [9.17, 15) is 0 Å². The molecule has 1 rings (SSSR count). The van der Waals surface area contributed by atoms with Gasteiger partial charge in [-0.3, -0.25) is 0 Å². The smallest absolute Gasteiger partial charge is 0.0474 e. The van der Waals surface area contributed by atoms with E-state index in [0.29, 0.717) is 12.5 Å². The lowest BCUT2D eigenvalue weighted by atomic mass is 10.1. The monoisotopic (exact) mass is 173 g/mol. The van der Waals surface area contributed by atoms with E-state index >= 15 is 0 Å². The van der Waals surface area contributed by atoms with Crippen LogP contribution in [0.1, 0.15) is 12.8 Å². The molecule has 0 radical (unpaired) electrons. The fourth-order valence-electron chi connectivity index (χ4n) is 1.70. The summed E-state index contributed by atoms with van der Waals surface area (Å²) in [7, 11) is 1.74. The molecule has 1 fully saturated rings. The molecule has 1 aliphatic rings. The largest absolute Gasteiger partial charge is 0.396 e. The standard InChI is InChI=1S/C9H19NO2/c1-12-6-2-4-10-5-3-9(7-10)8-11/h9,11H,2-8H2,1H3. The molecule has 0 aromatic carbocycles. The van der Waals surface area contributed by atoms with Crippen molar-refractivity contribution in [2.24, 2.45) is 5.92 Å². The number of hydrogen-bond acceptors (Lipinski definition) is 3. The highest BCUT2D eigenvalue weighted by atomic mass is 16.5. The molecule has 12 heavy (non-hydrogen) atoms. The third-order valence-corrected chi connectivity index (χ3v) is 2.45. The van der Waals surface area contributed by atoms with Crippen molar-refractivity contribution in [1.82, 2.24) is 4.90 Å². The van der Waals surface area contributed by atoms with Crippen LogP contribution in [0.15, 0.2) is 0 Å². The fraction of sp³-hybridized carbons (Fsp3) is 1.00. The van der Waals surface area contributed by atoms with E-state index in [1.807, 2.05) is 0 Å². The number of nitrogens with zero attached hydrogens (tertiary/aromatic N) is 1. The van der Waals surface area contributed by atoms with Crippen LogP contribution in [0.3, 0.4) is 0 Å². The Balaban J connectivity index is 2.03. The Labute approximate surface area is 74.3 Å². The molecule has 1 unspecified atom stereocenters. The van der Waals surface area contributed by atoms with Crippen LogP contribution in [0, 0.1) is 5.92 Å². The van der Waals surface area contributed by atoms with Crippen molar-refractivity contribution in [2.45, 2.75) is 12.8 Å². The lowest BCUT2D eigenvalue weighted by Gasteiger charge is -2.14. The van der Waals surface area contributed by atoms with Crippen molar-refractivity contribution in [3.05, 3.63) is 0 Å².